The van der Waals surface area contributed by atoms with Gasteiger partial charge in [-0.3, -0.25) is 10.1 Å². The van der Waals surface area contributed by atoms with Crippen LogP contribution in [0.3, 0.4) is 0 Å². The fourth-order valence-electron chi connectivity index (χ4n) is 2.31. The lowest BCUT2D eigenvalue weighted by atomic mass is 9.89. The number of carbonyl (C=O) groups is 2. The Balaban J connectivity index is 2.43. The van der Waals surface area contributed by atoms with Crippen LogP contribution in [0.4, 0.5) is 5.69 Å². The topological polar surface area (TPSA) is 105 Å². The summed E-state index contributed by atoms with van der Waals surface area (Å²) in [4.78, 5) is 34.5. The largest absolute Gasteiger partial charge is 0.466 e. The van der Waals surface area contributed by atoms with E-state index >= 15 is 0 Å². The van der Waals surface area contributed by atoms with Crippen LogP contribution in [0.25, 0.3) is 0 Å². The van der Waals surface area contributed by atoms with Crippen LogP contribution in [0.15, 0.2) is 48.1 Å². The fourth-order valence-corrected chi connectivity index (χ4v) is 2.31. The summed E-state index contributed by atoms with van der Waals surface area (Å²) in [5.74, 6) is -1.52. The van der Waals surface area contributed by atoms with E-state index in [0.29, 0.717) is 0 Å². The molecule has 0 N–H and O–H groups in total. The van der Waals surface area contributed by atoms with Crippen LogP contribution in [0.5, 0.6) is 5.75 Å². The van der Waals surface area contributed by atoms with Gasteiger partial charge in [0.05, 0.1) is 19.1 Å². The van der Waals surface area contributed by atoms with Crippen molar-refractivity contribution in [1.82, 2.24) is 0 Å². The SMILES string of the molecule is COC(=O)C1=CC=CC(Oc2ccccc2[N+](=O)[O-])(C(=O)OC)C1. The van der Waals surface area contributed by atoms with Gasteiger partial charge in [0.1, 0.15) is 0 Å². The molecule has 0 bridgehead atoms. The molecule has 0 saturated heterocycles. The Morgan fingerprint density at radius 1 is 1.21 bits per heavy atom. The molecule has 0 fully saturated rings. The minimum Gasteiger partial charge on any atom is -0.466 e. The molecule has 1 unspecified atom stereocenters. The first kappa shape index (κ1) is 17.2. The smallest absolute Gasteiger partial charge is 0.354 e. The maximum atomic E-state index is 12.3. The molecule has 0 heterocycles. The Labute approximate surface area is 137 Å². The lowest BCUT2D eigenvalue weighted by molar-refractivity contribution is -0.386. The summed E-state index contributed by atoms with van der Waals surface area (Å²) in [6, 6.07) is 5.64. The summed E-state index contributed by atoms with van der Waals surface area (Å²) in [6.45, 7) is 0. The molecule has 24 heavy (non-hydrogen) atoms. The van der Waals surface area contributed by atoms with Crippen LogP contribution in [-0.2, 0) is 19.1 Å². The third-order valence-corrected chi connectivity index (χ3v) is 3.45. The molecule has 0 spiro atoms. The number of allylic oxidation sites excluding steroid dienone is 2. The predicted molar refractivity (Wildman–Crippen MR) is 82.3 cm³/mol. The van der Waals surface area contributed by atoms with Gasteiger partial charge in [-0.25, -0.2) is 9.59 Å². The lowest BCUT2D eigenvalue weighted by Crippen LogP contribution is -2.45. The van der Waals surface area contributed by atoms with E-state index in [1.807, 2.05) is 0 Å². The van der Waals surface area contributed by atoms with E-state index in [0.717, 1.165) is 7.11 Å². The van der Waals surface area contributed by atoms with E-state index in [-0.39, 0.29) is 23.4 Å². The average Bonchev–Trinajstić information content (AvgIpc) is 2.60. The summed E-state index contributed by atoms with van der Waals surface area (Å²) in [7, 11) is 2.38. The first-order valence-corrected chi connectivity index (χ1v) is 6.91. The van der Waals surface area contributed by atoms with Crippen LogP contribution in [-0.4, -0.2) is 36.7 Å². The second-order valence-electron chi connectivity index (χ2n) is 4.93. The van der Waals surface area contributed by atoms with Crippen molar-refractivity contribution in [1.29, 1.82) is 0 Å². The van der Waals surface area contributed by atoms with Crippen LogP contribution in [0.1, 0.15) is 6.42 Å². The number of rotatable bonds is 5. The number of carbonyl (C=O) groups excluding carboxylic acids is 2. The molecule has 126 valence electrons. The van der Waals surface area contributed by atoms with Crippen LogP contribution >= 0.6 is 0 Å². The normalized spacial score (nSPS) is 19.2. The first-order chi connectivity index (χ1) is 11.4. The van der Waals surface area contributed by atoms with Gasteiger partial charge in [-0.2, -0.15) is 0 Å². The van der Waals surface area contributed by atoms with Crippen molar-refractivity contribution in [3.05, 3.63) is 58.2 Å². The van der Waals surface area contributed by atoms with Crippen molar-refractivity contribution < 1.29 is 28.7 Å². The van der Waals surface area contributed by atoms with Gasteiger partial charge in [-0.1, -0.05) is 24.3 Å². The summed E-state index contributed by atoms with van der Waals surface area (Å²) in [6.07, 6.45) is 4.15. The Morgan fingerprint density at radius 2 is 1.92 bits per heavy atom. The number of esters is 2. The number of nitro groups is 1. The Bertz CT molecular complexity index is 738. The van der Waals surface area contributed by atoms with Gasteiger partial charge in [-0.15, -0.1) is 0 Å². The van der Waals surface area contributed by atoms with Gasteiger partial charge >= 0.3 is 17.6 Å². The maximum Gasteiger partial charge on any atom is 0.354 e. The van der Waals surface area contributed by atoms with E-state index in [9.17, 15) is 19.7 Å². The summed E-state index contributed by atoms with van der Waals surface area (Å²) in [5.41, 5.74) is -1.81. The van der Waals surface area contributed by atoms with Crippen molar-refractivity contribution in [2.75, 3.05) is 14.2 Å². The predicted octanol–water partition coefficient (Wildman–Crippen LogP) is 1.94. The molecule has 1 aromatic rings. The zero-order valence-electron chi connectivity index (χ0n) is 13.1. The van der Waals surface area contributed by atoms with Gasteiger partial charge in [0.15, 0.2) is 5.75 Å². The van der Waals surface area contributed by atoms with Crippen LogP contribution in [0, 0.1) is 10.1 Å². The third kappa shape index (κ3) is 3.27. The number of benzene rings is 1. The number of hydrogen-bond acceptors (Lipinski definition) is 7. The van der Waals surface area contributed by atoms with Crippen molar-refractivity contribution in [3.8, 4) is 5.75 Å². The van der Waals surface area contributed by atoms with E-state index in [1.165, 1.54) is 49.6 Å². The molecule has 1 aliphatic rings. The van der Waals surface area contributed by atoms with Gasteiger partial charge in [0.25, 0.3) is 0 Å². The average molecular weight is 333 g/mol. The molecular weight excluding hydrogens is 318 g/mol. The van der Waals surface area contributed by atoms with Crippen molar-refractivity contribution in [2.24, 2.45) is 0 Å². The second kappa shape index (κ2) is 6.95. The first-order valence-electron chi connectivity index (χ1n) is 6.91. The Kier molecular flexibility index (Phi) is 4.98. The van der Waals surface area contributed by atoms with Crippen molar-refractivity contribution in [2.45, 2.75) is 12.0 Å². The molecule has 8 nitrogen and oxygen atoms in total. The highest BCUT2D eigenvalue weighted by molar-refractivity contribution is 5.93. The molecule has 0 aliphatic heterocycles. The van der Waals surface area contributed by atoms with Gasteiger partial charge in [0, 0.05) is 18.1 Å². The second-order valence-corrected chi connectivity index (χ2v) is 4.93. The van der Waals surface area contributed by atoms with Gasteiger partial charge < -0.3 is 14.2 Å². The number of nitrogens with zero attached hydrogens (tertiary/aromatic N) is 1. The fraction of sp³-hybridized carbons (Fsp3) is 0.250. The molecule has 1 atom stereocenters. The van der Waals surface area contributed by atoms with Gasteiger partial charge in [-0.05, 0) is 12.1 Å². The number of nitro benzene ring substituents is 1. The standard InChI is InChI=1S/C16H15NO7/c1-22-14(18)11-6-5-9-16(10-11,15(19)23-2)24-13-8-4-3-7-12(13)17(20)21/h3-9H,10H2,1-2H3. The highest BCUT2D eigenvalue weighted by Crippen LogP contribution is 2.35. The quantitative estimate of drug-likeness (QED) is 0.460. The van der Waals surface area contributed by atoms with Gasteiger partial charge in [0.2, 0.25) is 5.60 Å². The highest BCUT2D eigenvalue weighted by atomic mass is 16.6. The van der Waals surface area contributed by atoms with E-state index < -0.39 is 22.5 Å². The molecule has 8 heteroatoms. The Morgan fingerprint density at radius 3 is 2.54 bits per heavy atom. The van der Waals surface area contributed by atoms with Crippen molar-refractivity contribution >= 4 is 17.6 Å². The minimum atomic E-state index is -1.70. The lowest BCUT2D eigenvalue weighted by Gasteiger charge is -2.30. The number of ether oxygens (including phenoxy) is 3. The summed E-state index contributed by atoms with van der Waals surface area (Å²) in [5, 5.41) is 11.1. The molecule has 2 rings (SSSR count). The molecule has 0 amide bonds. The number of para-hydroxylation sites is 2. The monoisotopic (exact) mass is 333 g/mol. The number of methoxy groups -OCH3 is 2. The summed E-state index contributed by atoms with van der Waals surface area (Å²) >= 11 is 0. The minimum absolute atomic E-state index is 0.108. The van der Waals surface area contributed by atoms with E-state index in [1.54, 1.807) is 0 Å². The Hall–Kier alpha value is -3.16. The van der Waals surface area contributed by atoms with Crippen LogP contribution in [0.2, 0.25) is 0 Å². The molecule has 0 saturated carbocycles. The third-order valence-electron chi connectivity index (χ3n) is 3.45. The maximum absolute atomic E-state index is 12.3. The molecular formula is C16H15NO7. The van der Waals surface area contributed by atoms with Crippen molar-refractivity contribution in [3.63, 3.8) is 0 Å². The molecule has 0 radical (unpaired) electrons. The number of hydrogen-bond donors (Lipinski definition) is 0. The molecule has 1 aliphatic carbocycles. The zero-order chi connectivity index (χ0) is 17.7. The molecule has 0 aromatic heterocycles. The van der Waals surface area contributed by atoms with E-state index in [4.69, 9.17) is 9.47 Å². The highest BCUT2D eigenvalue weighted by Gasteiger charge is 2.44. The molecule has 1 aromatic carbocycles. The zero-order valence-corrected chi connectivity index (χ0v) is 13.1. The summed E-state index contributed by atoms with van der Waals surface area (Å²) < 4.78 is 15.1. The van der Waals surface area contributed by atoms with Crippen LogP contribution < -0.4 is 4.74 Å². The van der Waals surface area contributed by atoms with E-state index in [2.05, 4.69) is 4.74 Å².